The first-order chi connectivity index (χ1) is 12.1. The molecule has 1 fully saturated rings. The summed E-state index contributed by atoms with van der Waals surface area (Å²) >= 11 is 0. The summed E-state index contributed by atoms with van der Waals surface area (Å²) in [5, 5.41) is 2.80. The Morgan fingerprint density at radius 1 is 1.24 bits per heavy atom. The van der Waals surface area contributed by atoms with Gasteiger partial charge < -0.3 is 10.2 Å². The van der Waals surface area contributed by atoms with Gasteiger partial charge >= 0.3 is 0 Å². The topological polar surface area (TPSA) is 49.4 Å². The number of amides is 2. The van der Waals surface area contributed by atoms with Gasteiger partial charge in [0.15, 0.2) is 0 Å². The quantitative estimate of drug-likeness (QED) is 0.909. The van der Waals surface area contributed by atoms with Crippen LogP contribution in [-0.4, -0.2) is 18.4 Å². The zero-order chi connectivity index (χ0) is 17.8. The van der Waals surface area contributed by atoms with Crippen LogP contribution in [0.5, 0.6) is 0 Å². The third-order valence-electron chi connectivity index (χ3n) is 4.51. The van der Waals surface area contributed by atoms with E-state index in [1.54, 1.807) is 17.0 Å². The van der Waals surface area contributed by atoms with Crippen molar-refractivity contribution in [2.45, 2.75) is 26.3 Å². The van der Waals surface area contributed by atoms with Crippen molar-refractivity contribution in [3.8, 4) is 0 Å². The number of rotatable bonds is 5. The van der Waals surface area contributed by atoms with Gasteiger partial charge in [-0.3, -0.25) is 9.59 Å². The van der Waals surface area contributed by atoms with E-state index in [1.807, 2.05) is 31.2 Å². The highest BCUT2D eigenvalue weighted by atomic mass is 19.1. The monoisotopic (exact) mass is 340 g/mol. The lowest BCUT2D eigenvalue weighted by molar-refractivity contribution is -0.126. The summed E-state index contributed by atoms with van der Waals surface area (Å²) in [6.45, 7) is 2.68. The summed E-state index contributed by atoms with van der Waals surface area (Å²) in [7, 11) is 0. The number of hydrogen-bond acceptors (Lipinski definition) is 2. The van der Waals surface area contributed by atoms with Crippen LogP contribution in [0, 0.1) is 11.7 Å². The number of aryl methyl sites for hydroxylation is 1. The molecule has 1 atom stereocenters. The number of nitrogens with zero attached hydrogens (tertiary/aromatic N) is 1. The first-order valence-corrected chi connectivity index (χ1v) is 8.49. The average molecular weight is 340 g/mol. The third kappa shape index (κ3) is 3.87. The summed E-state index contributed by atoms with van der Waals surface area (Å²) in [4.78, 5) is 26.5. The van der Waals surface area contributed by atoms with Crippen molar-refractivity contribution < 1.29 is 14.0 Å². The van der Waals surface area contributed by atoms with Gasteiger partial charge in [0.25, 0.3) is 0 Å². The van der Waals surface area contributed by atoms with Crippen molar-refractivity contribution in [1.82, 2.24) is 5.32 Å². The van der Waals surface area contributed by atoms with Crippen molar-refractivity contribution in [2.24, 2.45) is 5.92 Å². The minimum Gasteiger partial charge on any atom is -0.352 e. The molecule has 3 rings (SSSR count). The number of nitrogens with one attached hydrogen (secondary N) is 1. The zero-order valence-electron chi connectivity index (χ0n) is 14.2. The van der Waals surface area contributed by atoms with Crippen LogP contribution in [-0.2, 0) is 22.6 Å². The molecular formula is C20H21FN2O2. The number of hydrogen-bond donors (Lipinski definition) is 1. The first-order valence-electron chi connectivity index (χ1n) is 8.49. The maximum absolute atomic E-state index is 13.2. The molecule has 1 aliphatic rings. The lowest BCUT2D eigenvalue weighted by Gasteiger charge is -2.20. The van der Waals surface area contributed by atoms with E-state index in [9.17, 15) is 14.0 Å². The Morgan fingerprint density at radius 3 is 2.80 bits per heavy atom. The fraction of sp³-hybridized carbons (Fsp3) is 0.300. The Balaban J connectivity index is 1.64. The van der Waals surface area contributed by atoms with Crippen LogP contribution < -0.4 is 10.2 Å². The lowest BCUT2D eigenvalue weighted by atomic mass is 10.1. The highest BCUT2D eigenvalue weighted by Gasteiger charge is 2.35. The van der Waals surface area contributed by atoms with Gasteiger partial charge in [0, 0.05) is 25.2 Å². The molecule has 130 valence electrons. The first kappa shape index (κ1) is 17.1. The van der Waals surface area contributed by atoms with E-state index in [0.29, 0.717) is 12.1 Å². The second-order valence-corrected chi connectivity index (χ2v) is 6.24. The second-order valence-electron chi connectivity index (χ2n) is 6.24. The lowest BCUT2D eigenvalue weighted by Crippen LogP contribution is -2.32. The molecule has 0 radical (unpaired) electrons. The highest BCUT2D eigenvalue weighted by molar-refractivity contribution is 6.00. The Bertz CT molecular complexity index is 791. The Kier molecular flexibility index (Phi) is 5.12. The van der Waals surface area contributed by atoms with E-state index >= 15 is 0 Å². The van der Waals surface area contributed by atoms with Crippen LogP contribution in [0.25, 0.3) is 0 Å². The molecule has 1 unspecified atom stereocenters. The standard InChI is InChI=1S/C20H21FN2O2/c1-2-15-7-3-4-9-18(15)23-13-16(11-19(23)24)20(25)22-12-14-6-5-8-17(21)10-14/h3-10,16H,2,11-13H2,1H3,(H,22,25). The molecular weight excluding hydrogens is 319 g/mol. The maximum Gasteiger partial charge on any atom is 0.227 e. The maximum atomic E-state index is 13.2. The normalized spacial score (nSPS) is 17.0. The summed E-state index contributed by atoms with van der Waals surface area (Å²) in [5.74, 6) is -0.919. The van der Waals surface area contributed by atoms with Crippen LogP contribution in [0.3, 0.4) is 0 Å². The van der Waals surface area contributed by atoms with Crippen LogP contribution in [0.1, 0.15) is 24.5 Å². The van der Waals surface area contributed by atoms with Crippen LogP contribution >= 0.6 is 0 Å². The van der Waals surface area contributed by atoms with Crippen LogP contribution in [0.15, 0.2) is 48.5 Å². The number of benzene rings is 2. The molecule has 0 bridgehead atoms. The molecule has 2 amide bonds. The zero-order valence-corrected chi connectivity index (χ0v) is 14.2. The summed E-state index contributed by atoms with van der Waals surface area (Å²) in [5.41, 5.74) is 2.68. The fourth-order valence-corrected chi connectivity index (χ4v) is 3.17. The molecule has 5 heteroatoms. The number of carbonyl (C=O) groups is 2. The van der Waals surface area contributed by atoms with Crippen molar-refractivity contribution in [3.05, 3.63) is 65.5 Å². The third-order valence-corrected chi connectivity index (χ3v) is 4.51. The molecule has 1 heterocycles. The number of halogens is 1. The van der Waals surface area contributed by atoms with Crippen LogP contribution in [0.2, 0.25) is 0 Å². The van der Waals surface area contributed by atoms with E-state index in [4.69, 9.17) is 0 Å². The van der Waals surface area contributed by atoms with Gasteiger partial charge in [-0.05, 0) is 35.7 Å². The van der Waals surface area contributed by atoms with Crippen LogP contribution in [0.4, 0.5) is 10.1 Å². The summed E-state index contributed by atoms with van der Waals surface area (Å²) in [6.07, 6.45) is 1.03. The van der Waals surface area contributed by atoms with Gasteiger partial charge in [0.2, 0.25) is 11.8 Å². The Labute approximate surface area is 146 Å². The average Bonchev–Trinajstić information content (AvgIpc) is 3.01. The Morgan fingerprint density at radius 2 is 2.04 bits per heavy atom. The Hall–Kier alpha value is -2.69. The van der Waals surface area contributed by atoms with Gasteiger partial charge in [0.05, 0.1) is 5.92 Å². The van der Waals surface area contributed by atoms with Gasteiger partial charge in [-0.2, -0.15) is 0 Å². The van der Waals surface area contributed by atoms with E-state index in [2.05, 4.69) is 5.32 Å². The predicted molar refractivity (Wildman–Crippen MR) is 94.5 cm³/mol. The molecule has 1 N–H and O–H groups in total. The molecule has 1 saturated heterocycles. The molecule has 2 aromatic carbocycles. The molecule has 25 heavy (non-hydrogen) atoms. The summed E-state index contributed by atoms with van der Waals surface area (Å²) < 4.78 is 13.2. The van der Waals surface area contributed by atoms with Crippen molar-refractivity contribution >= 4 is 17.5 Å². The van der Waals surface area contributed by atoms with Crippen molar-refractivity contribution in [2.75, 3.05) is 11.4 Å². The van der Waals surface area contributed by atoms with E-state index in [0.717, 1.165) is 17.7 Å². The number of anilines is 1. The molecule has 0 aliphatic carbocycles. The minimum atomic E-state index is -0.383. The molecule has 0 saturated carbocycles. The molecule has 1 aliphatic heterocycles. The van der Waals surface area contributed by atoms with E-state index in [1.165, 1.54) is 12.1 Å². The molecule has 2 aromatic rings. The number of para-hydroxylation sites is 1. The molecule has 4 nitrogen and oxygen atoms in total. The molecule has 0 spiro atoms. The van der Waals surface area contributed by atoms with E-state index in [-0.39, 0.29) is 36.5 Å². The number of carbonyl (C=O) groups excluding carboxylic acids is 2. The van der Waals surface area contributed by atoms with E-state index < -0.39 is 0 Å². The second kappa shape index (κ2) is 7.47. The molecule has 0 aromatic heterocycles. The van der Waals surface area contributed by atoms with Gasteiger partial charge in [-0.1, -0.05) is 37.3 Å². The van der Waals surface area contributed by atoms with Crippen molar-refractivity contribution in [3.63, 3.8) is 0 Å². The SMILES string of the molecule is CCc1ccccc1N1CC(C(=O)NCc2cccc(F)c2)CC1=O. The minimum absolute atomic E-state index is 0.0354. The van der Waals surface area contributed by atoms with Gasteiger partial charge in [-0.15, -0.1) is 0 Å². The van der Waals surface area contributed by atoms with Gasteiger partial charge in [-0.25, -0.2) is 4.39 Å². The highest BCUT2D eigenvalue weighted by Crippen LogP contribution is 2.28. The van der Waals surface area contributed by atoms with Crippen molar-refractivity contribution in [1.29, 1.82) is 0 Å². The fourth-order valence-electron chi connectivity index (χ4n) is 3.17. The smallest absolute Gasteiger partial charge is 0.227 e. The van der Waals surface area contributed by atoms with Gasteiger partial charge in [0.1, 0.15) is 5.82 Å². The summed E-state index contributed by atoms with van der Waals surface area (Å²) in [6, 6.07) is 13.9. The largest absolute Gasteiger partial charge is 0.352 e. The predicted octanol–water partition coefficient (Wildman–Crippen LogP) is 3.06.